The van der Waals surface area contributed by atoms with E-state index in [0.717, 1.165) is 51.2 Å². The Morgan fingerprint density at radius 3 is 2.95 bits per heavy atom. The molecule has 0 spiro atoms. The molecule has 2 aromatic rings. The lowest BCUT2D eigenvalue weighted by Gasteiger charge is -2.30. The van der Waals surface area contributed by atoms with Gasteiger partial charge in [-0.3, -0.25) is 0 Å². The second-order valence-electron chi connectivity index (χ2n) is 5.14. The largest absolute Gasteiger partial charge is 0.366 e. The fourth-order valence-corrected chi connectivity index (χ4v) is 3.99. The van der Waals surface area contributed by atoms with Crippen molar-refractivity contribution in [2.24, 2.45) is 0 Å². The van der Waals surface area contributed by atoms with Crippen molar-refractivity contribution in [3.05, 3.63) is 21.6 Å². The third-order valence-corrected chi connectivity index (χ3v) is 5.46. The van der Waals surface area contributed by atoms with Crippen molar-refractivity contribution >= 4 is 43.2 Å². The number of halogens is 1. The average Bonchev–Trinajstić information content (AvgIpc) is 2.88. The van der Waals surface area contributed by atoms with Crippen molar-refractivity contribution in [3.63, 3.8) is 0 Å². The van der Waals surface area contributed by atoms with Crippen molar-refractivity contribution in [2.75, 3.05) is 25.5 Å². The topological polar surface area (TPSA) is 52.0 Å². The summed E-state index contributed by atoms with van der Waals surface area (Å²) in [7, 11) is 2.16. The van der Waals surface area contributed by atoms with Crippen molar-refractivity contribution in [1.29, 1.82) is 5.26 Å². The lowest BCUT2D eigenvalue weighted by molar-refractivity contribution is 0.263. The van der Waals surface area contributed by atoms with E-state index in [9.17, 15) is 0 Å². The van der Waals surface area contributed by atoms with Crippen LogP contribution in [-0.2, 0) is 0 Å². The van der Waals surface area contributed by atoms with Crippen molar-refractivity contribution in [2.45, 2.75) is 18.9 Å². The molecule has 4 nitrogen and oxygen atoms in total. The van der Waals surface area contributed by atoms with Gasteiger partial charge in [0.1, 0.15) is 16.8 Å². The summed E-state index contributed by atoms with van der Waals surface area (Å²) in [5.41, 5.74) is 0. The van der Waals surface area contributed by atoms with E-state index in [1.807, 2.05) is 12.3 Å². The third-order valence-electron chi connectivity index (χ3n) is 3.69. The van der Waals surface area contributed by atoms with E-state index >= 15 is 0 Å². The number of thiophene rings is 1. The summed E-state index contributed by atoms with van der Waals surface area (Å²) in [6.45, 7) is 2.24. The first-order valence-corrected chi connectivity index (χ1v) is 8.21. The Balaban J connectivity index is 1.85. The van der Waals surface area contributed by atoms with E-state index in [1.165, 1.54) is 11.3 Å². The Kier molecular flexibility index (Phi) is 3.92. The molecular weight excluding hydrogens is 336 g/mol. The molecule has 6 heteroatoms. The summed E-state index contributed by atoms with van der Waals surface area (Å²) >= 11 is 5.10. The number of piperidine rings is 1. The van der Waals surface area contributed by atoms with E-state index in [2.05, 4.69) is 44.2 Å². The van der Waals surface area contributed by atoms with Gasteiger partial charge in [-0.15, -0.1) is 11.3 Å². The molecular formula is C14H15BrN4S. The Labute approximate surface area is 130 Å². The highest BCUT2D eigenvalue weighted by Crippen LogP contribution is 2.35. The minimum atomic E-state index is 0.474. The highest BCUT2D eigenvalue weighted by molar-refractivity contribution is 9.10. The van der Waals surface area contributed by atoms with Gasteiger partial charge in [-0.1, -0.05) is 0 Å². The van der Waals surface area contributed by atoms with Gasteiger partial charge in [0, 0.05) is 17.6 Å². The Bertz CT molecular complexity index is 668. The Morgan fingerprint density at radius 2 is 2.25 bits per heavy atom. The first-order chi connectivity index (χ1) is 9.67. The number of likely N-dealkylation sites (tertiary alicyclic amines) is 1. The van der Waals surface area contributed by atoms with Gasteiger partial charge in [0.25, 0.3) is 0 Å². The van der Waals surface area contributed by atoms with Crippen LogP contribution in [-0.4, -0.2) is 36.1 Å². The molecule has 0 aliphatic carbocycles. The summed E-state index contributed by atoms with van der Waals surface area (Å²) in [6, 6.07) is 4.59. The number of nitriles is 1. The van der Waals surface area contributed by atoms with E-state index in [0.29, 0.717) is 6.04 Å². The molecule has 0 atom stereocenters. The zero-order chi connectivity index (χ0) is 14.1. The maximum atomic E-state index is 8.99. The van der Waals surface area contributed by atoms with Crippen molar-refractivity contribution < 1.29 is 0 Å². The molecule has 3 rings (SSSR count). The SMILES string of the molecule is CN1CCC(Nc2ncc3sc(C#N)cc3c2Br)CC1. The number of nitrogens with zero attached hydrogens (tertiary/aromatic N) is 3. The first-order valence-electron chi connectivity index (χ1n) is 6.60. The fraction of sp³-hybridized carbons (Fsp3) is 0.429. The van der Waals surface area contributed by atoms with Gasteiger partial charge >= 0.3 is 0 Å². The lowest BCUT2D eigenvalue weighted by atomic mass is 10.1. The average molecular weight is 351 g/mol. The molecule has 1 aliphatic rings. The molecule has 20 heavy (non-hydrogen) atoms. The predicted octanol–water partition coefficient (Wildman–Crippen LogP) is 3.44. The molecule has 104 valence electrons. The minimum absolute atomic E-state index is 0.474. The number of fused-ring (bicyclic) bond motifs is 1. The number of pyridine rings is 1. The molecule has 1 fully saturated rings. The molecule has 0 saturated carbocycles. The number of hydrogen-bond donors (Lipinski definition) is 1. The van der Waals surface area contributed by atoms with E-state index in [1.54, 1.807) is 0 Å². The van der Waals surface area contributed by atoms with Crippen LogP contribution in [0.15, 0.2) is 16.7 Å². The summed E-state index contributed by atoms with van der Waals surface area (Å²) in [5.74, 6) is 0.884. The standard InChI is InChI=1S/C14H15BrN4S/c1-19-4-2-9(3-5-19)18-14-13(15)11-6-10(7-16)20-12(11)8-17-14/h6,8-9H,2-5H2,1H3,(H,17,18). The number of rotatable bonds is 2. The van der Waals surface area contributed by atoms with Crippen molar-refractivity contribution in [3.8, 4) is 6.07 Å². The smallest absolute Gasteiger partial charge is 0.141 e. The summed E-state index contributed by atoms with van der Waals surface area (Å²) < 4.78 is 2.01. The Hall–Kier alpha value is -1.16. The maximum Gasteiger partial charge on any atom is 0.141 e. The van der Waals surface area contributed by atoms with Gasteiger partial charge in [0.05, 0.1) is 9.17 Å². The van der Waals surface area contributed by atoms with Crippen molar-refractivity contribution in [1.82, 2.24) is 9.88 Å². The van der Waals surface area contributed by atoms with E-state index in [-0.39, 0.29) is 0 Å². The number of hydrogen-bond acceptors (Lipinski definition) is 5. The molecule has 3 heterocycles. The summed E-state index contributed by atoms with van der Waals surface area (Å²) in [6.07, 6.45) is 4.12. The molecule has 0 radical (unpaired) electrons. The van der Waals surface area contributed by atoms with Crippen LogP contribution in [0.25, 0.3) is 10.1 Å². The lowest BCUT2D eigenvalue weighted by Crippen LogP contribution is -2.36. The van der Waals surface area contributed by atoms with Crippen LogP contribution >= 0.6 is 27.3 Å². The van der Waals surface area contributed by atoms with Crippen LogP contribution in [0, 0.1) is 11.3 Å². The minimum Gasteiger partial charge on any atom is -0.366 e. The molecule has 1 saturated heterocycles. The molecule has 0 unspecified atom stereocenters. The molecule has 1 aliphatic heterocycles. The van der Waals surface area contributed by atoms with Crippen LogP contribution in [0.3, 0.4) is 0 Å². The highest BCUT2D eigenvalue weighted by atomic mass is 79.9. The molecule has 0 amide bonds. The predicted molar refractivity (Wildman–Crippen MR) is 86.2 cm³/mol. The van der Waals surface area contributed by atoms with Gasteiger partial charge < -0.3 is 10.2 Å². The maximum absolute atomic E-state index is 8.99. The normalized spacial score (nSPS) is 17.2. The van der Waals surface area contributed by atoms with Crippen LogP contribution in [0.4, 0.5) is 5.82 Å². The second-order valence-corrected chi connectivity index (χ2v) is 7.02. The molecule has 1 N–H and O–H groups in total. The Morgan fingerprint density at radius 1 is 1.50 bits per heavy atom. The van der Waals surface area contributed by atoms with Gasteiger partial charge in [0.15, 0.2) is 0 Å². The highest BCUT2D eigenvalue weighted by Gasteiger charge is 2.18. The number of aromatic nitrogens is 1. The summed E-state index contributed by atoms with van der Waals surface area (Å²) in [4.78, 5) is 7.57. The van der Waals surface area contributed by atoms with E-state index in [4.69, 9.17) is 5.26 Å². The zero-order valence-corrected chi connectivity index (χ0v) is 13.6. The van der Waals surface area contributed by atoms with Crippen LogP contribution < -0.4 is 5.32 Å². The van der Waals surface area contributed by atoms with Crippen LogP contribution in [0.5, 0.6) is 0 Å². The number of anilines is 1. The van der Waals surface area contributed by atoms with Crippen LogP contribution in [0.2, 0.25) is 0 Å². The second kappa shape index (κ2) is 5.68. The van der Waals surface area contributed by atoms with Gasteiger partial charge in [-0.05, 0) is 55.0 Å². The van der Waals surface area contributed by atoms with E-state index < -0.39 is 0 Å². The molecule has 0 aromatic carbocycles. The quantitative estimate of drug-likeness (QED) is 0.901. The summed E-state index contributed by atoms with van der Waals surface area (Å²) in [5, 5.41) is 13.6. The first kappa shape index (κ1) is 13.8. The zero-order valence-electron chi connectivity index (χ0n) is 11.2. The number of nitrogens with one attached hydrogen (secondary N) is 1. The van der Waals surface area contributed by atoms with Gasteiger partial charge in [-0.25, -0.2) is 4.98 Å². The molecule has 0 bridgehead atoms. The fourth-order valence-electron chi connectivity index (χ4n) is 2.48. The van der Waals surface area contributed by atoms with Crippen LogP contribution in [0.1, 0.15) is 17.7 Å². The van der Waals surface area contributed by atoms with Gasteiger partial charge in [-0.2, -0.15) is 5.26 Å². The van der Waals surface area contributed by atoms with Gasteiger partial charge in [0.2, 0.25) is 0 Å². The monoisotopic (exact) mass is 350 g/mol. The third kappa shape index (κ3) is 2.66. The molecule has 2 aromatic heterocycles.